The van der Waals surface area contributed by atoms with E-state index in [1.807, 2.05) is 6.07 Å². The van der Waals surface area contributed by atoms with Gasteiger partial charge in [0.1, 0.15) is 5.75 Å². The lowest BCUT2D eigenvalue weighted by atomic mass is 9.77. The van der Waals surface area contributed by atoms with Crippen LogP contribution in [0.2, 0.25) is 0 Å². The van der Waals surface area contributed by atoms with Gasteiger partial charge in [-0.2, -0.15) is 0 Å². The zero-order valence-corrected chi connectivity index (χ0v) is 14.2. The molecule has 0 unspecified atom stereocenters. The van der Waals surface area contributed by atoms with Gasteiger partial charge in [0.15, 0.2) is 0 Å². The van der Waals surface area contributed by atoms with Gasteiger partial charge in [0, 0.05) is 5.46 Å². The van der Waals surface area contributed by atoms with E-state index in [0.717, 1.165) is 30.7 Å². The van der Waals surface area contributed by atoms with Gasteiger partial charge in [0.25, 0.3) is 0 Å². The topological polar surface area (TPSA) is 27.7 Å². The van der Waals surface area contributed by atoms with E-state index >= 15 is 0 Å². The molecule has 0 radical (unpaired) electrons. The molecule has 0 bridgehead atoms. The first-order valence-corrected chi connectivity index (χ1v) is 7.86. The first kappa shape index (κ1) is 16.4. The second-order valence-electron chi connectivity index (χ2n) is 6.83. The van der Waals surface area contributed by atoms with E-state index in [1.165, 1.54) is 5.56 Å². The lowest BCUT2D eigenvalue weighted by molar-refractivity contribution is 0.00578. The predicted octanol–water partition coefficient (Wildman–Crippen LogP) is 3.47. The summed E-state index contributed by atoms with van der Waals surface area (Å²) < 4.78 is 18.2. The van der Waals surface area contributed by atoms with Crippen molar-refractivity contribution in [1.82, 2.24) is 0 Å². The number of rotatable bonds is 5. The highest BCUT2D eigenvalue weighted by Gasteiger charge is 2.52. The van der Waals surface area contributed by atoms with Crippen LogP contribution < -0.4 is 10.2 Å². The summed E-state index contributed by atoms with van der Waals surface area (Å²) in [6.07, 6.45) is 2.17. The van der Waals surface area contributed by atoms with Gasteiger partial charge in [-0.15, -0.1) is 0 Å². The Labute approximate surface area is 129 Å². The Kier molecular flexibility index (Phi) is 4.69. The number of hydrogen-bond acceptors (Lipinski definition) is 3. The molecule has 3 nitrogen and oxygen atoms in total. The Bertz CT molecular complexity index is 481. The highest BCUT2D eigenvalue weighted by molar-refractivity contribution is 6.63. The quantitative estimate of drug-likeness (QED) is 0.614. The smallest absolute Gasteiger partial charge is 0.494 e. The predicted molar refractivity (Wildman–Crippen MR) is 87.3 cm³/mol. The van der Waals surface area contributed by atoms with Crippen molar-refractivity contribution in [2.45, 2.75) is 65.6 Å². The van der Waals surface area contributed by atoms with Gasteiger partial charge in [0.2, 0.25) is 0 Å². The molecule has 0 aromatic heterocycles. The Hall–Kier alpha value is -0.995. The molecule has 0 atom stereocenters. The maximum absolute atomic E-state index is 6.15. The van der Waals surface area contributed by atoms with E-state index in [2.05, 4.69) is 53.7 Å². The van der Waals surface area contributed by atoms with Crippen molar-refractivity contribution in [3.05, 3.63) is 23.8 Å². The molecule has 2 rings (SSSR count). The zero-order chi connectivity index (χ0) is 15.7. The summed E-state index contributed by atoms with van der Waals surface area (Å²) in [5, 5.41) is 0. The van der Waals surface area contributed by atoms with E-state index in [-0.39, 0.29) is 18.3 Å². The fraction of sp³-hybridized carbons (Fsp3) is 0.647. The van der Waals surface area contributed by atoms with Gasteiger partial charge >= 0.3 is 7.12 Å². The minimum atomic E-state index is -0.369. The summed E-state index contributed by atoms with van der Waals surface area (Å²) in [7, 11) is -0.369. The third-order valence-electron chi connectivity index (χ3n) is 4.43. The van der Waals surface area contributed by atoms with Crippen LogP contribution in [0, 0.1) is 6.92 Å². The maximum atomic E-state index is 6.15. The van der Waals surface area contributed by atoms with Gasteiger partial charge in [-0.25, -0.2) is 0 Å². The van der Waals surface area contributed by atoms with E-state index in [0.29, 0.717) is 0 Å². The van der Waals surface area contributed by atoms with Crippen molar-refractivity contribution < 1.29 is 14.0 Å². The SMILES string of the molecule is CCCCOc1ccc(C)cc1B1OC(C)(C)C(C)(C)O1. The van der Waals surface area contributed by atoms with Crippen LogP contribution in [0.15, 0.2) is 18.2 Å². The Morgan fingerprint density at radius 3 is 2.29 bits per heavy atom. The Morgan fingerprint density at radius 1 is 1.10 bits per heavy atom. The molecular weight excluding hydrogens is 263 g/mol. The van der Waals surface area contributed by atoms with E-state index in [1.54, 1.807) is 0 Å². The molecule has 1 saturated heterocycles. The zero-order valence-electron chi connectivity index (χ0n) is 14.2. The molecule has 0 N–H and O–H groups in total. The molecular formula is C17H27BO3. The molecule has 1 aliphatic heterocycles. The van der Waals surface area contributed by atoms with Crippen LogP contribution in [0.4, 0.5) is 0 Å². The molecule has 0 spiro atoms. The third kappa shape index (κ3) is 3.43. The first-order chi connectivity index (χ1) is 9.77. The van der Waals surface area contributed by atoms with Crippen LogP contribution in [0.25, 0.3) is 0 Å². The van der Waals surface area contributed by atoms with Crippen molar-refractivity contribution in [3.8, 4) is 5.75 Å². The lowest BCUT2D eigenvalue weighted by Gasteiger charge is -2.32. The van der Waals surface area contributed by atoms with Crippen LogP contribution in [0.3, 0.4) is 0 Å². The van der Waals surface area contributed by atoms with Crippen molar-refractivity contribution >= 4 is 12.6 Å². The normalized spacial score (nSPS) is 19.8. The van der Waals surface area contributed by atoms with Crippen molar-refractivity contribution in [3.63, 3.8) is 0 Å². The summed E-state index contributed by atoms with van der Waals surface area (Å²) in [5.41, 5.74) is 1.51. The molecule has 1 aromatic rings. The monoisotopic (exact) mass is 290 g/mol. The first-order valence-electron chi connectivity index (χ1n) is 7.86. The average molecular weight is 290 g/mol. The molecule has 1 fully saturated rings. The highest BCUT2D eigenvalue weighted by atomic mass is 16.7. The van der Waals surface area contributed by atoms with E-state index in [9.17, 15) is 0 Å². The van der Waals surface area contributed by atoms with Gasteiger partial charge in [-0.1, -0.05) is 31.0 Å². The maximum Gasteiger partial charge on any atom is 0.498 e. The highest BCUT2D eigenvalue weighted by Crippen LogP contribution is 2.37. The number of benzene rings is 1. The van der Waals surface area contributed by atoms with E-state index < -0.39 is 0 Å². The Balaban J connectivity index is 2.25. The lowest BCUT2D eigenvalue weighted by Crippen LogP contribution is -2.41. The van der Waals surface area contributed by atoms with E-state index in [4.69, 9.17) is 14.0 Å². The van der Waals surface area contributed by atoms with Crippen LogP contribution >= 0.6 is 0 Å². The van der Waals surface area contributed by atoms with Crippen LogP contribution in [0.5, 0.6) is 5.75 Å². The molecule has 4 heteroatoms. The molecule has 0 aliphatic carbocycles. The standard InChI is InChI=1S/C17H27BO3/c1-7-8-11-19-15-10-9-13(2)12-14(15)18-20-16(3,4)17(5,6)21-18/h9-10,12H,7-8,11H2,1-6H3. The number of aryl methyl sites for hydroxylation is 1. The third-order valence-corrected chi connectivity index (χ3v) is 4.43. The molecule has 116 valence electrons. The fourth-order valence-corrected chi connectivity index (χ4v) is 2.28. The molecule has 1 aliphatic rings. The largest absolute Gasteiger partial charge is 0.498 e. The Morgan fingerprint density at radius 2 is 1.71 bits per heavy atom. The van der Waals surface area contributed by atoms with Crippen molar-refractivity contribution in [1.29, 1.82) is 0 Å². The van der Waals surface area contributed by atoms with Crippen LogP contribution in [0.1, 0.15) is 53.0 Å². The second kappa shape index (κ2) is 6.01. The summed E-state index contributed by atoms with van der Waals surface area (Å²) in [6.45, 7) is 13.2. The molecule has 0 saturated carbocycles. The van der Waals surface area contributed by atoms with Crippen LogP contribution in [-0.2, 0) is 9.31 Å². The number of unbranched alkanes of at least 4 members (excludes halogenated alkanes) is 1. The van der Waals surface area contributed by atoms with Crippen molar-refractivity contribution in [2.75, 3.05) is 6.61 Å². The van der Waals surface area contributed by atoms with Gasteiger partial charge < -0.3 is 14.0 Å². The molecule has 1 aromatic carbocycles. The summed E-state index contributed by atoms with van der Waals surface area (Å²) >= 11 is 0. The summed E-state index contributed by atoms with van der Waals surface area (Å²) in [6, 6.07) is 6.19. The fourth-order valence-electron chi connectivity index (χ4n) is 2.28. The second-order valence-corrected chi connectivity index (χ2v) is 6.83. The van der Waals surface area contributed by atoms with Gasteiger partial charge in [0.05, 0.1) is 17.8 Å². The van der Waals surface area contributed by atoms with Crippen molar-refractivity contribution in [2.24, 2.45) is 0 Å². The van der Waals surface area contributed by atoms with Crippen LogP contribution in [-0.4, -0.2) is 24.9 Å². The number of ether oxygens (including phenoxy) is 1. The minimum Gasteiger partial charge on any atom is -0.494 e. The average Bonchev–Trinajstić information content (AvgIpc) is 2.60. The molecule has 1 heterocycles. The number of hydrogen-bond donors (Lipinski definition) is 0. The minimum absolute atomic E-state index is 0.331. The van der Waals surface area contributed by atoms with Gasteiger partial charge in [-0.3, -0.25) is 0 Å². The molecule has 0 amide bonds. The summed E-state index contributed by atoms with van der Waals surface area (Å²) in [4.78, 5) is 0. The molecule has 21 heavy (non-hydrogen) atoms. The summed E-state index contributed by atoms with van der Waals surface area (Å²) in [5.74, 6) is 0.868. The van der Waals surface area contributed by atoms with Gasteiger partial charge in [-0.05, 0) is 47.1 Å².